The van der Waals surface area contributed by atoms with Crippen molar-refractivity contribution in [2.45, 2.75) is 23.9 Å². The predicted molar refractivity (Wildman–Crippen MR) is 62.1 cm³/mol. The topological polar surface area (TPSA) is 25.8 Å². The standard InChI is InChI=1S/C12H12N2S/c1-9-5-3-7-13-11(9)15-12-10(2)6-4-8-14-12/h3-8H,1-2H3. The lowest BCUT2D eigenvalue weighted by atomic mass is 10.3. The van der Waals surface area contributed by atoms with Crippen molar-refractivity contribution in [3.63, 3.8) is 0 Å². The molecule has 2 aromatic heterocycles. The third kappa shape index (κ3) is 2.36. The number of nitrogens with zero attached hydrogens (tertiary/aromatic N) is 2. The van der Waals surface area contributed by atoms with Crippen LogP contribution in [0.2, 0.25) is 0 Å². The second-order valence-electron chi connectivity index (χ2n) is 3.35. The van der Waals surface area contributed by atoms with Gasteiger partial charge in [-0.25, -0.2) is 9.97 Å². The number of hydrogen-bond acceptors (Lipinski definition) is 3. The summed E-state index contributed by atoms with van der Waals surface area (Å²) in [7, 11) is 0. The van der Waals surface area contributed by atoms with Crippen molar-refractivity contribution in [2.24, 2.45) is 0 Å². The van der Waals surface area contributed by atoms with Crippen molar-refractivity contribution in [3.05, 3.63) is 47.8 Å². The van der Waals surface area contributed by atoms with Gasteiger partial charge in [0.05, 0.1) is 0 Å². The van der Waals surface area contributed by atoms with Crippen molar-refractivity contribution in [3.8, 4) is 0 Å². The van der Waals surface area contributed by atoms with Gasteiger partial charge < -0.3 is 0 Å². The average Bonchev–Trinajstić information content (AvgIpc) is 2.24. The number of hydrogen-bond donors (Lipinski definition) is 0. The van der Waals surface area contributed by atoms with E-state index in [1.807, 2.05) is 24.5 Å². The molecule has 0 spiro atoms. The fourth-order valence-corrected chi connectivity index (χ4v) is 2.12. The predicted octanol–water partition coefficient (Wildman–Crippen LogP) is 3.24. The second kappa shape index (κ2) is 4.45. The number of aryl methyl sites for hydroxylation is 2. The highest BCUT2D eigenvalue weighted by molar-refractivity contribution is 7.99. The van der Waals surface area contributed by atoms with Crippen molar-refractivity contribution in [2.75, 3.05) is 0 Å². The molecule has 2 rings (SSSR count). The van der Waals surface area contributed by atoms with Crippen LogP contribution >= 0.6 is 11.8 Å². The molecule has 0 unspecified atom stereocenters. The van der Waals surface area contributed by atoms with Crippen LogP contribution in [0.5, 0.6) is 0 Å². The van der Waals surface area contributed by atoms with Crippen LogP contribution in [0.4, 0.5) is 0 Å². The van der Waals surface area contributed by atoms with E-state index < -0.39 is 0 Å². The van der Waals surface area contributed by atoms with Crippen LogP contribution < -0.4 is 0 Å². The summed E-state index contributed by atoms with van der Waals surface area (Å²) in [6.45, 7) is 4.13. The molecule has 0 aliphatic carbocycles. The minimum absolute atomic E-state index is 1.03. The van der Waals surface area contributed by atoms with Crippen LogP contribution in [0.15, 0.2) is 46.7 Å². The van der Waals surface area contributed by atoms with Gasteiger partial charge in [0, 0.05) is 12.4 Å². The Hall–Kier alpha value is -1.35. The first-order valence-corrected chi connectivity index (χ1v) is 5.60. The van der Waals surface area contributed by atoms with Crippen LogP contribution in [-0.2, 0) is 0 Å². The summed E-state index contributed by atoms with van der Waals surface area (Å²) in [6.07, 6.45) is 3.63. The number of pyridine rings is 2. The fourth-order valence-electron chi connectivity index (χ4n) is 1.25. The van der Waals surface area contributed by atoms with Gasteiger partial charge in [0.15, 0.2) is 0 Å². The molecule has 0 radical (unpaired) electrons. The Morgan fingerprint density at radius 1 is 0.867 bits per heavy atom. The Kier molecular flexibility index (Phi) is 3.02. The molecular weight excluding hydrogens is 204 g/mol. The van der Waals surface area contributed by atoms with E-state index in [4.69, 9.17) is 0 Å². The first kappa shape index (κ1) is 10.2. The van der Waals surface area contributed by atoms with E-state index in [0.29, 0.717) is 0 Å². The van der Waals surface area contributed by atoms with E-state index in [1.165, 1.54) is 11.1 Å². The summed E-state index contributed by atoms with van der Waals surface area (Å²) >= 11 is 1.62. The molecule has 0 bridgehead atoms. The van der Waals surface area contributed by atoms with Gasteiger partial charge in [-0.15, -0.1) is 0 Å². The SMILES string of the molecule is Cc1cccnc1Sc1ncccc1C. The summed E-state index contributed by atoms with van der Waals surface area (Å²) in [5.74, 6) is 0. The summed E-state index contributed by atoms with van der Waals surface area (Å²) in [5, 5.41) is 2.05. The molecule has 2 aromatic rings. The molecule has 76 valence electrons. The molecule has 0 aliphatic heterocycles. The van der Waals surface area contributed by atoms with Crippen molar-refractivity contribution in [1.29, 1.82) is 0 Å². The lowest BCUT2D eigenvalue weighted by Crippen LogP contribution is -1.88. The molecule has 0 atom stereocenters. The smallest absolute Gasteiger partial charge is 0.105 e. The van der Waals surface area contributed by atoms with Gasteiger partial charge in [-0.3, -0.25) is 0 Å². The van der Waals surface area contributed by atoms with Gasteiger partial charge >= 0.3 is 0 Å². The van der Waals surface area contributed by atoms with E-state index in [1.54, 1.807) is 11.8 Å². The molecule has 0 fully saturated rings. The Balaban J connectivity index is 2.30. The van der Waals surface area contributed by atoms with E-state index in [0.717, 1.165) is 10.1 Å². The fraction of sp³-hybridized carbons (Fsp3) is 0.167. The Bertz CT molecular complexity index is 425. The largest absolute Gasteiger partial charge is 0.249 e. The minimum atomic E-state index is 1.03. The molecule has 0 saturated heterocycles. The second-order valence-corrected chi connectivity index (χ2v) is 4.33. The van der Waals surface area contributed by atoms with Gasteiger partial charge in [-0.1, -0.05) is 12.1 Å². The first-order chi connectivity index (χ1) is 7.27. The Morgan fingerprint density at radius 3 is 1.73 bits per heavy atom. The van der Waals surface area contributed by atoms with Gasteiger partial charge in [0.25, 0.3) is 0 Å². The highest BCUT2D eigenvalue weighted by atomic mass is 32.2. The zero-order chi connectivity index (χ0) is 10.7. The number of aromatic nitrogens is 2. The third-order valence-corrected chi connectivity index (χ3v) is 3.36. The van der Waals surface area contributed by atoms with Crippen LogP contribution in [0, 0.1) is 13.8 Å². The average molecular weight is 216 g/mol. The minimum Gasteiger partial charge on any atom is -0.249 e. The Morgan fingerprint density at radius 2 is 1.33 bits per heavy atom. The maximum absolute atomic E-state index is 4.34. The molecule has 2 heterocycles. The summed E-state index contributed by atoms with van der Waals surface area (Å²) in [5.41, 5.74) is 2.38. The Labute approximate surface area is 93.8 Å². The quantitative estimate of drug-likeness (QED) is 0.770. The maximum Gasteiger partial charge on any atom is 0.105 e. The van der Waals surface area contributed by atoms with Crippen LogP contribution in [-0.4, -0.2) is 9.97 Å². The maximum atomic E-state index is 4.34. The van der Waals surface area contributed by atoms with Gasteiger partial charge in [0.2, 0.25) is 0 Å². The van der Waals surface area contributed by atoms with E-state index in [2.05, 4.69) is 35.9 Å². The summed E-state index contributed by atoms with van der Waals surface area (Å²) < 4.78 is 0. The van der Waals surface area contributed by atoms with Crippen molar-refractivity contribution < 1.29 is 0 Å². The van der Waals surface area contributed by atoms with Crippen LogP contribution in [0.3, 0.4) is 0 Å². The van der Waals surface area contributed by atoms with Crippen molar-refractivity contribution >= 4 is 11.8 Å². The zero-order valence-corrected chi connectivity index (χ0v) is 9.58. The molecule has 0 aromatic carbocycles. The highest BCUT2D eigenvalue weighted by Gasteiger charge is 2.04. The monoisotopic (exact) mass is 216 g/mol. The summed E-state index contributed by atoms with van der Waals surface area (Å²) in [6, 6.07) is 8.02. The molecule has 0 aliphatic rings. The van der Waals surface area contributed by atoms with E-state index in [9.17, 15) is 0 Å². The van der Waals surface area contributed by atoms with Gasteiger partial charge in [-0.05, 0) is 48.9 Å². The lowest BCUT2D eigenvalue weighted by Gasteiger charge is -2.04. The molecule has 3 heteroatoms. The van der Waals surface area contributed by atoms with E-state index in [-0.39, 0.29) is 0 Å². The highest BCUT2D eigenvalue weighted by Crippen LogP contribution is 2.28. The number of rotatable bonds is 2. The normalized spacial score (nSPS) is 10.3. The van der Waals surface area contributed by atoms with Crippen LogP contribution in [0.25, 0.3) is 0 Å². The zero-order valence-electron chi connectivity index (χ0n) is 8.77. The molecule has 0 saturated carbocycles. The third-order valence-electron chi connectivity index (χ3n) is 2.12. The molecular formula is C12H12N2S. The van der Waals surface area contributed by atoms with Gasteiger partial charge in [-0.2, -0.15) is 0 Å². The van der Waals surface area contributed by atoms with Crippen molar-refractivity contribution in [1.82, 2.24) is 9.97 Å². The molecule has 0 amide bonds. The lowest BCUT2D eigenvalue weighted by molar-refractivity contribution is 1.04. The first-order valence-electron chi connectivity index (χ1n) is 4.78. The van der Waals surface area contributed by atoms with Gasteiger partial charge in [0.1, 0.15) is 10.1 Å². The molecule has 2 nitrogen and oxygen atoms in total. The summed E-state index contributed by atoms with van der Waals surface area (Å²) in [4.78, 5) is 8.68. The van der Waals surface area contributed by atoms with Crippen LogP contribution in [0.1, 0.15) is 11.1 Å². The molecule has 0 N–H and O–H groups in total. The molecule has 15 heavy (non-hydrogen) atoms. The van der Waals surface area contributed by atoms with E-state index >= 15 is 0 Å².